The zero-order valence-corrected chi connectivity index (χ0v) is 13.6. The monoisotopic (exact) mass is 323 g/mol. The highest BCUT2D eigenvalue weighted by atomic mass is 32.2. The molecule has 1 aromatic carbocycles. The van der Waals surface area contributed by atoms with Crippen LogP contribution in [0.3, 0.4) is 0 Å². The molecular formula is C16H21NO4S. The summed E-state index contributed by atoms with van der Waals surface area (Å²) in [5.74, 6) is 0.453. The Bertz CT molecular complexity index is 537. The van der Waals surface area contributed by atoms with Gasteiger partial charge in [-0.15, -0.1) is 0 Å². The number of carbonyl (C=O) groups excluding carboxylic acids is 2. The number of hydrogen-bond acceptors (Lipinski definition) is 4. The molecule has 6 heteroatoms. The first-order valence-electron chi connectivity index (χ1n) is 7.17. The fourth-order valence-electron chi connectivity index (χ4n) is 1.56. The number of amides is 1. The Hall–Kier alpha value is -1.82. The van der Waals surface area contributed by atoms with Crippen molar-refractivity contribution in [2.24, 2.45) is 5.92 Å². The van der Waals surface area contributed by atoms with Gasteiger partial charge in [0.05, 0.1) is 5.56 Å². The van der Waals surface area contributed by atoms with Crippen molar-refractivity contribution in [1.29, 1.82) is 0 Å². The van der Waals surface area contributed by atoms with E-state index in [2.05, 4.69) is 19.2 Å². The number of carboxylic acid groups (broad SMARTS) is 1. The number of anilines is 1. The fourth-order valence-corrected chi connectivity index (χ4v) is 1.93. The third-order valence-electron chi connectivity index (χ3n) is 2.91. The lowest BCUT2D eigenvalue weighted by molar-refractivity contribution is -0.116. The summed E-state index contributed by atoms with van der Waals surface area (Å²) in [5.41, 5.74) is 0.699. The lowest BCUT2D eigenvalue weighted by Gasteiger charge is -2.07. The van der Waals surface area contributed by atoms with E-state index in [4.69, 9.17) is 5.11 Å². The van der Waals surface area contributed by atoms with Crippen LogP contribution >= 0.6 is 11.8 Å². The molecule has 5 nitrogen and oxygen atoms in total. The van der Waals surface area contributed by atoms with E-state index >= 15 is 0 Å². The van der Waals surface area contributed by atoms with Crippen molar-refractivity contribution in [3.63, 3.8) is 0 Å². The second-order valence-electron chi connectivity index (χ2n) is 5.34. The first-order chi connectivity index (χ1) is 10.4. The zero-order chi connectivity index (χ0) is 16.5. The third kappa shape index (κ3) is 7.26. The zero-order valence-electron chi connectivity index (χ0n) is 12.8. The van der Waals surface area contributed by atoms with E-state index in [1.54, 1.807) is 12.1 Å². The van der Waals surface area contributed by atoms with Crippen LogP contribution in [-0.4, -0.2) is 27.9 Å². The second-order valence-corrected chi connectivity index (χ2v) is 6.49. The van der Waals surface area contributed by atoms with E-state index in [1.165, 1.54) is 23.9 Å². The smallest absolute Gasteiger partial charge is 0.335 e. The number of aromatic carboxylic acids is 1. The molecule has 0 radical (unpaired) electrons. The van der Waals surface area contributed by atoms with Gasteiger partial charge in [-0.1, -0.05) is 31.7 Å². The van der Waals surface area contributed by atoms with Crippen molar-refractivity contribution in [1.82, 2.24) is 0 Å². The number of carboxylic acids is 1. The predicted molar refractivity (Wildman–Crippen MR) is 88.2 cm³/mol. The van der Waals surface area contributed by atoms with Crippen LogP contribution in [0.1, 0.15) is 43.5 Å². The summed E-state index contributed by atoms with van der Waals surface area (Å²) in [4.78, 5) is 32.1. The van der Waals surface area contributed by atoms with Crippen molar-refractivity contribution >= 4 is 34.4 Å². The number of carbonyl (C=O) groups is 3. The number of rotatable bonds is 5. The predicted octanol–water partition coefficient (Wildman–Crippen LogP) is 3.41. The Labute approximate surface area is 134 Å². The molecule has 22 heavy (non-hydrogen) atoms. The standard InChI is InChI=1S/C13H17NO3.C3H4OS/c1-9(2)6-7-12(15)14-11-5-3-4-10(8-11)13(16)17;4-3-1-2-5-3/h3-5,8-9H,6-7H2,1-2H3,(H,14,15)(H,16,17);1-2H2. The maximum atomic E-state index is 11.5. The molecule has 1 heterocycles. The molecule has 0 unspecified atom stereocenters. The highest BCUT2D eigenvalue weighted by Crippen LogP contribution is 2.17. The average molecular weight is 323 g/mol. The van der Waals surface area contributed by atoms with Gasteiger partial charge in [0, 0.05) is 24.3 Å². The Morgan fingerprint density at radius 1 is 1.36 bits per heavy atom. The molecule has 120 valence electrons. The summed E-state index contributed by atoms with van der Waals surface area (Å²) in [5, 5.41) is 11.8. The van der Waals surface area contributed by atoms with Crippen LogP contribution in [0.4, 0.5) is 5.69 Å². The number of hydrogen-bond donors (Lipinski definition) is 2. The van der Waals surface area contributed by atoms with Crippen molar-refractivity contribution in [3.05, 3.63) is 29.8 Å². The summed E-state index contributed by atoms with van der Waals surface area (Å²) < 4.78 is 0. The highest BCUT2D eigenvalue weighted by Gasteiger charge is 2.10. The largest absolute Gasteiger partial charge is 0.478 e. The number of nitrogens with one attached hydrogen (secondary N) is 1. The molecule has 2 N–H and O–H groups in total. The van der Waals surface area contributed by atoms with Gasteiger partial charge in [0.2, 0.25) is 5.91 Å². The quantitative estimate of drug-likeness (QED) is 0.867. The Morgan fingerprint density at radius 3 is 2.45 bits per heavy atom. The van der Waals surface area contributed by atoms with E-state index < -0.39 is 5.97 Å². The minimum atomic E-state index is -0.997. The van der Waals surface area contributed by atoms with Crippen LogP contribution in [0.5, 0.6) is 0 Å². The molecule has 0 saturated carbocycles. The van der Waals surface area contributed by atoms with Crippen LogP contribution in [-0.2, 0) is 9.59 Å². The van der Waals surface area contributed by atoms with Crippen LogP contribution in [0, 0.1) is 5.92 Å². The van der Waals surface area contributed by atoms with Gasteiger partial charge < -0.3 is 10.4 Å². The average Bonchev–Trinajstić information content (AvgIpc) is 2.44. The summed E-state index contributed by atoms with van der Waals surface area (Å²) in [6, 6.07) is 6.24. The summed E-state index contributed by atoms with van der Waals surface area (Å²) >= 11 is 1.42. The summed E-state index contributed by atoms with van der Waals surface area (Å²) in [6.07, 6.45) is 2.09. The molecule has 1 amide bonds. The van der Waals surface area contributed by atoms with Gasteiger partial charge >= 0.3 is 5.97 Å². The van der Waals surface area contributed by atoms with E-state index in [0.717, 1.165) is 18.6 Å². The molecule has 1 fully saturated rings. The first kappa shape index (κ1) is 18.2. The Balaban J connectivity index is 0.000000406. The molecule has 0 aliphatic carbocycles. The summed E-state index contributed by atoms with van der Waals surface area (Å²) in [6.45, 7) is 4.11. The van der Waals surface area contributed by atoms with E-state index in [1.807, 2.05) is 0 Å². The van der Waals surface area contributed by atoms with E-state index in [0.29, 0.717) is 23.1 Å². The van der Waals surface area contributed by atoms with Gasteiger partial charge in [-0.2, -0.15) is 0 Å². The lowest BCUT2D eigenvalue weighted by Crippen LogP contribution is -2.12. The molecule has 0 bridgehead atoms. The van der Waals surface area contributed by atoms with Gasteiger partial charge in [-0.05, 0) is 30.5 Å². The SMILES string of the molecule is CC(C)CCC(=O)Nc1cccc(C(=O)O)c1.O=C1CCS1. The molecule has 1 aliphatic heterocycles. The number of thioether (sulfide) groups is 1. The molecule has 0 aromatic heterocycles. The van der Waals surface area contributed by atoms with Gasteiger partial charge in [0.25, 0.3) is 0 Å². The fraction of sp³-hybridized carbons (Fsp3) is 0.438. The van der Waals surface area contributed by atoms with Crippen LogP contribution in [0.2, 0.25) is 0 Å². The van der Waals surface area contributed by atoms with Crippen LogP contribution in [0.15, 0.2) is 24.3 Å². The van der Waals surface area contributed by atoms with Crippen LogP contribution < -0.4 is 5.32 Å². The van der Waals surface area contributed by atoms with Gasteiger partial charge in [-0.25, -0.2) is 4.79 Å². The van der Waals surface area contributed by atoms with Crippen molar-refractivity contribution in [3.8, 4) is 0 Å². The summed E-state index contributed by atoms with van der Waals surface area (Å²) in [7, 11) is 0. The molecule has 0 atom stereocenters. The molecular weight excluding hydrogens is 302 g/mol. The van der Waals surface area contributed by atoms with Gasteiger partial charge in [-0.3, -0.25) is 9.59 Å². The van der Waals surface area contributed by atoms with Gasteiger partial charge in [0.15, 0.2) is 5.12 Å². The molecule has 1 aliphatic rings. The van der Waals surface area contributed by atoms with Gasteiger partial charge in [0.1, 0.15) is 0 Å². The first-order valence-corrected chi connectivity index (χ1v) is 8.16. The van der Waals surface area contributed by atoms with Crippen molar-refractivity contribution < 1.29 is 19.5 Å². The van der Waals surface area contributed by atoms with E-state index in [9.17, 15) is 14.4 Å². The Kier molecular flexibility index (Phi) is 7.66. The molecule has 0 spiro atoms. The topological polar surface area (TPSA) is 83.5 Å². The van der Waals surface area contributed by atoms with E-state index in [-0.39, 0.29) is 11.5 Å². The normalized spacial score (nSPS) is 13.0. The molecule has 1 saturated heterocycles. The molecule has 1 aromatic rings. The minimum absolute atomic E-state index is 0.0822. The van der Waals surface area contributed by atoms with Crippen molar-refractivity contribution in [2.75, 3.05) is 11.1 Å². The van der Waals surface area contributed by atoms with Crippen molar-refractivity contribution in [2.45, 2.75) is 33.1 Å². The van der Waals surface area contributed by atoms with Crippen LogP contribution in [0.25, 0.3) is 0 Å². The molecule has 2 rings (SSSR count). The minimum Gasteiger partial charge on any atom is -0.478 e. The highest BCUT2D eigenvalue weighted by molar-refractivity contribution is 8.15. The maximum absolute atomic E-state index is 11.5. The Morgan fingerprint density at radius 2 is 2.00 bits per heavy atom. The maximum Gasteiger partial charge on any atom is 0.335 e. The second kappa shape index (κ2) is 9.25. The number of benzene rings is 1. The lowest BCUT2D eigenvalue weighted by atomic mass is 10.1. The third-order valence-corrected chi connectivity index (χ3v) is 3.85.